The van der Waals surface area contributed by atoms with Gasteiger partial charge < -0.3 is 11.5 Å². The fourth-order valence-electron chi connectivity index (χ4n) is 1.70. The number of thioether (sulfide) groups is 2. The normalized spacial score (nSPS) is 9.07. The Morgan fingerprint density at radius 2 is 1.44 bits per heavy atom. The minimum atomic E-state index is -0.300. The highest BCUT2D eigenvalue weighted by molar-refractivity contribution is 8.13. The zero-order valence-corrected chi connectivity index (χ0v) is 20.1. The molecule has 0 spiro atoms. The Bertz CT molecular complexity index is 733. The summed E-state index contributed by atoms with van der Waals surface area (Å²) in [5.41, 5.74) is 12.7. The van der Waals surface area contributed by atoms with Crippen LogP contribution in [0.1, 0.15) is 11.1 Å². The maximum atomic E-state index is 13.5. The topological polar surface area (TPSA) is 99.7 Å². The van der Waals surface area contributed by atoms with E-state index >= 15 is 0 Å². The third-order valence-electron chi connectivity index (χ3n) is 2.71. The van der Waals surface area contributed by atoms with Crippen LogP contribution in [-0.2, 0) is 11.5 Å². The number of rotatable bonds is 6. The Hall–Kier alpha value is -0.000000000000000333. The Morgan fingerprint density at radius 1 is 0.889 bits per heavy atom. The summed E-state index contributed by atoms with van der Waals surface area (Å²) >= 11 is 5.59. The molecule has 13 heteroatoms. The van der Waals surface area contributed by atoms with Gasteiger partial charge in [0.2, 0.25) is 0 Å². The van der Waals surface area contributed by atoms with E-state index in [1.54, 1.807) is 29.2 Å². The van der Waals surface area contributed by atoms with Gasteiger partial charge in [-0.05, 0) is 34.7 Å². The second-order valence-corrected chi connectivity index (χ2v) is 8.28. The van der Waals surface area contributed by atoms with Crippen LogP contribution < -0.4 is 11.5 Å². The Labute approximate surface area is 199 Å². The number of nitrogens with one attached hydrogen (secondary N) is 2. The minimum Gasteiger partial charge on any atom is -0.379 e. The minimum absolute atomic E-state index is 0. The van der Waals surface area contributed by atoms with E-state index in [0.29, 0.717) is 11.5 Å². The quantitative estimate of drug-likeness (QED) is 0.271. The molecule has 0 bridgehead atoms. The number of amidine groups is 2. The maximum Gasteiger partial charge on any atom is 0.151 e. The molecule has 27 heavy (non-hydrogen) atoms. The molecular formula is C14H19Cl4FN4S4. The van der Waals surface area contributed by atoms with Crippen LogP contribution in [0.4, 0.5) is 4.39 Å². The largest absolute Gasteiger partial charge is 0.379 e. The summed E-state index contributed by atoms with van der Waals surface area (Å²) in [5.74, 6) is 0.794. The van der Waals surface area contributed by atoms with Crippen molar-refractivity contribution >= 4 is 107 Å². The summed E-state index contributed by atoms with van der Waals surface area (Å²) in [6, 6.07) is 4.66. The van der Waals surface area contributed by atoms with E-state index in [1.807, 2.05) is 10.8 Å². The number of thiophene rings is 1. The molecular weight excluding hydrogens is 513 g/mol. The first kappa shape index (κ1) is 31.7. The van der Waals surface area contributed by atoms with Crippen LogP contribution in [0.15, 0.2) is 38.8 Å². The molecule has 0 aliphatic carbocycles. The van der Waals surface area contributed by atoms with Crippen LogP contribution in [0, 0.1) is 16.6 Å². The highest BCUT2D eigenvalue weighted by Crippen LogP contribution is 2.37. The summed E-state index contributed by atoms with van der Waals surface area (Å²) in [6.45, 7) is 0. The van der Waals surface area contributed by atoms with E-state index in [2.05, 4.69) is 0 Å². The molecule has 0 aliphatic heterocycles. The van der Waals surface area contributed by atoms with Crippen molar-refractivity contribution in [3.05, 3.63) is 45.9 Å². The lowest BCUT2D eigenvalue weighted by Gasteiger charge is -2.09. The van der Waals surface area contributed by atoms with E-state index in [4.69, 9.17) is 22.3 Å². The maximum absolute atomic E-state index is 13.5. The lowest BCUT2D eigenvalue weighted by atomic mass is 10.2. The monoisotopic (exact) mass is 530 g/mol. The Balaban J connectivity index is -0.00000144. The summed E-state index contributed by atoms with van der Waals surface area (Å²) in [7, 11) is 0. The van der Waals surface area contributed by atoms with Gasteiger partial charge in [-0.15, -0.1) is 49.6 Å². The highest BCUT2D eigenvalue weighted by atomic mass is 35.5. The van der Waals surface area contributed by atoms with Crippen molar-refractivity contribution in [1.29, 1.82) is 10.8 Å². The van der Waals surface area contributed by atoms with E-state index in [9.17, 15) is 4.39 Å². The van der Waals surface area contributed by atoms with Gasteiger partial charge in [0.1, 0.15) is 5.82 Å². The molecule has 1 aromatic heterocycles. The van der Waals surface area contributed by atoms with Crippen molar-refractivity contribution in [3.63, 3.8) is 0 Å². The molecule has 0 unspecified atom stereocenters. The second-order valence-electron chi connectivity index (χ2n) is 4.42. The van der Waals surface area contributed by atoms with Crippen LogP contribution in [0.3, 0.4) is 0 Å². The van der Waals surface area contributed by atoms with E-state index in [-0.39, 0.29) is 65.8 Å². The van der Waals surface area contributed by atoms with Crippen LogP contribution in [0.5, 0.6) is 0 Å². The molecule has 4 nitrogen and oxygen atoms in total. The molecule has 6 N–H and O–H groups in total. The molecule has 154 valence electrons. The number of benzene rings is 1. The van der Waals surface area contributed by atoms with E-state index in [1.165, 1.54) is 35.7 Å². The SMILES string of the molecule is Cl.Cl.Cl.Cl.N=C(N)SCc1cc(F)ccc1Sc1cscc1CSC(=N)N. The molecule has 0 atom stereocenters. The van der Waals surface area contributed by atoms with Crippen LogP contribution in [-0.4, -0.2) is 10.3 Å². The molecule has 0 amide bonds. The van der Waals surface area contributed by atoms with E-state index in [0.717, 1.165) is 20.9 Å². The molecule has 0 aliphatic rings. The molecule has 1 heterocycles. The first-order valence-corrected chi connectivity index (χ1v) is 10.1. The number of hydrogen-bond acceptors (Lipinski definition) is 6. The Morgan fingerprint density at radius 3 is 2.00 bits per heavy atom. The van der Waals surface area contributed by atoms with Gasteiger partial charge >= 0.3 is 0 Å². The number of nitrogens with two attached hydrogens (primary N) is 2. The summed E-state index contributed by atoms with van der Waals surface area (Å²) in [4.78, 5) is 2.01. The van der Waals surface area contributed by atoms with Crippen molar-refractivity contribution < 1.29 is 4.39 Å². The predicted molar refractivity (Wildman–Crippen MR) is 130 cm³/mol. The zero-order chi connectivity index (χ0) is 16.8. The van der Waals surface area contributed by atoms with Gasteiger partial charge in [0.05, 0.1) is 0 Å². The van der Waals surface area contributed by atoms with Gasteiger partial charge in [-0.2, -0.15) is 11.3 Å². The summed E-state index contributed by atoms with van der Waals surface area (Å²) < 4.78 is 13.5. The molecule has 1 aromatic carbocycles. The summed E-state index contributed by atoms with van der Waals surface area (Å²) in [5, 5.41) is 18.8. The standard InChI is InChI=1S/C14H15FN4S4.4ClH/c15-10-1-2-11(8(3-10)5-21-13(16)17)23-12-7-20-4-9(12)6-22-14(18)19;;;;/h1-4,7H,5-6H2,(H3,16,17)(H3,18,19);4*1H. The van der Waals surface area contributed by atoms with Gasteiger partial charge in [0.15, 0.2) is 10.3 Å². The van der Waals surface area contributed by atoms with Crippen molar-refractivity contribution in [2.45, 2.75) is 21.3 Å². The highest BCUT2D eigenvalue weighted by Gasteiger charge is 2.11. The fourth-order valence-corrected chi connectivity index (χ4v) is 5.13. The number of hydrogen-bond donors (Lipinski definition) is 4. The first-order valence-electron chi connectivity index (χ1n) is 6.40. The van der Waals surface area contributed by atoms with Crippen molar-refractivity contribution in [1.82, 2.24) is 0 Å². The molecule has 0 saturated carbocycles. The van der Waals surface area contributed by atoms with Crippen molar-refractivity contribution in [2.24, 2.45) is 11.5 Å². The molecule has 2 rings (SSSR count). The van der Waals surface area contributed by atoms with Gasteiger partial charge in [-0.3, -0.25) is 10.8 Å². The molecule has 0 saturated heterocycles. The van der Waals surface area contributed by atoms with Gasteiger partial charge in [0, 0.05) is 26.7 Å². The van der Waals surface area contributed by atoms with Crippen molar-refractivity contribution in [3.8, 4) is 0 Å². The van der Waals surface area contributed by atoms with Crippen LogP contribution >= 0.6 is 96.3 Å². The van der Waals surface area contributed by atoms with Crippen molar-refractivity contribution in [2.75, 3.05) is 0 Å². The first-order chi connectivity index (χ1) is 11.0. The van der Waals surface area contributed by atoms with Gasteiger partial charge in [-0.25, -0.2) is 4.39 Å². The van der Waals surface area contributed by atoms with Crippen LogP contribution in [0.2, 0.25) is 0 Å². The lowest BCUT2D eigenvalue weighted by Crippen LogP contribution is -2.04. The second kappa shape index (κ2) is 15.9. The van der Waals surface area contributed by atoms with Crippen LogP contribution in [0.25, 0.3) is 0 Å². The Kier molecular flexibility index (Phi) is 18.6. The molecule has 0 fully saturated rings. The van der Waals surface area contributed by atoms with Gasteiger partial charge in [-0.1, -0.05) is 35.3 Å². The smallest absolute Gasteiger partial charge is 0.151 e. The average molecular weight is 532 g/mol. The molecule has 0 radical (unpaired) electrons. The third-order valence-corrected chi connectivity index (χ3v) is 6.40. The number of halogens is 5. The molecule has 2 aromatic rings. The third kappa shape index (κ3) is 10.9. The zero-order valence-electron chi connectivity index (χ0n) is 13.6. The fraction of sp³-hybridized carbons (Fsp3) is 0.143. The average Bonchev–Trinajstić information content (AvgIpc) is 2.92. The summed E-state index contributed by atoms with van der Waals surface area (Å²) in [6.07, 6.45) is 0. The van der Waals surface area contributed by atoms with Gasteiger partial charge in [0.25, 0.3) is 0 Å². The lowest BCUT2D eigenvalue weighted by molar-refractivity contribution is 0.625. The van der Waals surface area contributed by atoms with E-state index < -0.39 is 0 Å². The predicted octanol–water partition coefficient (Wildman–Crippen LogP) is 5.98.